The third kappa shape index (κ3) is 76.1. The van der Waals surface area contributed by atoms with E-state index in [1.165, 1.54) is 283 Å². The van der Waals surface area contributed by atoms with Crippen LogP contribution in [-0.2, 0) is 32.7 Å². The van der Waals surface area contributed by atoms with Gasteiger partial charge < -0.3 is 20.1 Å². The quantitative estimate of drug-likeness (QED) is 0.0264. The molecule has 2 atom stereocenters. The van der Waals surface area contributed by atoms with E-state index in [0.717, 1.165) is 70.6 Å². The molecular weight excluding hydrogens is 1150 g/mol. The van der Waals surface area contributed by atoms with Gasteiger partial charge in [-0.15, -0.1) is 0 Å². The number of rotatable bonds is 74. The van der Waals surface area contributed by atoms with Gasteiger partial charge in [0, 0.05) is 19.4 Å². The van der Waals surface area contributed by atoms with E-state index in [-0.39, 0.29) is 38.6 Å². The lowest BCUT2D eigenvalue weighted by Crippen LogP contribution is -2.29. The maximum absolute atomic E-state index is 12.8. The Morgan fingerprint density at radius 1 is 0.341 bits per heavy atom. The van der Waals surface area contributed by atoms with Gasteiger partial charge in [-0.2, -0.15) is 0 Å². The van der Waals surface area contributed by atoms with Gasteiger partial charge in [0.25, 0.3) is 0 Å². The summed E-state index contributed by atoms with van der Waals surface area (Å²) in [7, 11) is -4.40. The van der Waals surface area contributed by atoms with Crippen LogP contribution in [0.4, 0.5) is 0 Å². The van der Waals surface area contributed by atoms with Crippen LogP contribution in [0.2, 0.25) is 0 Å². The van der Waals surface area contributed by atoms with Crippen LogP contribution >= 0.6 is 7.82 Å². The number of esters is 2. The molecule has 0 heterocycles. The van der Waals surface area contributed by atoms with Gasteiger partial charge >= 0.3 is 19.8 Å². The lowest BCUT2D eigenvalue weighted by Gasteiger charge is -2.19. The fourth-order valence-corrected chi connectivity index (χ4v) is 12.3. The molecule has 0 aromatic carbocycles. The van der Waals surface area contributed by atoms with Gasteiger partial charge in [-0.3, -0.25) is 18.6 Å². The highest BCUT2D eigenvalue weighted by Crippen LogP contribution is 2.43. The lowest BCUT2D eigenvalue weighted by molar-refractivity contribution is -0.161. The number of hydrogen-bond acceptors (Lipinski definition) is 8. The molecule has 0 amide bonds. The van der Waals surface area contributed by atoms with Crippen molar-refractivity contribution in [1.82, 2.24) is 0 Å². The number of phosphoric acid groups is 1. The molecule has 91 heavy (non-hydrogen) atoms. The zero-order valence-corrected chi connectivity index (χ0v) is 60.7. The fourth-order valence-electron chi connectivity index (χ4n) is 11.5. The van der Waals surface area contributed by atoms with Gasteiger partial charge in [0.05, 0.1) is 13.2 Å². The molecule has 9 nitrogen and oxygen atoms in total. The van der Waals surface area contributed by atoms with Crippen molar-refractivity contribution in [2.45, 2.75) is 392 Å². The zero-order chi connectivity index (χ0) is 65.8. The highest BCUT2D eigenvalue weighted by Gasteiger charge is 2.26. The van der Waals surface area contributed by atoms with Crippen LogP contribution in [0.5, 0.6) is 0 Å². The Bertz CT molecular complexity index is 1770. The van der Waals surface area contributed by atoms with Crippen LogP contribution in [0.1, 0.15) is 386 Å². The summed E-state index contributed by atoms with van der Waals surface area (Å²) in [5.74, 6) is -0.809. The van der Waals surface area contributed by atoms with Crippen LogP contribution in [0.3, 0.4) is 0 Å². The van der Waals surface area contributed by atoms with Crippen molar-refractivity contribution in [3.8, 4) is 0 Å². The van der Waals surface area contributed by atoms with E-state index in [4.69, 9.17) is 24.3 Å². The van der Waals surface area contributed by atoms with Crippen molar-refractivity contribution < 1.29 is 37.6 Å². The number of carbonyl (C=O) groups excluding carboxylic acids is 2. The summed E-state index contributed by atoms with van der Waals surface area (Å²) in [5, 5.41) is 0. The standard InChI is InChI=1S/C81H148NO8P/c1-3-5-7-9-11-13-15-17-19-21-23-25-27-29-31-33-35-36-37-38-39-40-41-42-44-45-47-49-51-53-55-57-59-61-63-65-67-69-71-73-80(83)87-77-79(78-89-91(85,86)88-76-75-82)90-81(84)74-72-70-68-66-64-62-60-58-56-54-52-50-48-46-43-34-32-30-28-26-24-22-20-18-16-14-12-10-8-6-4-2/h6,8,12,14-15,17-18,20-21,23-24,26-27,29,79H,3-5,7,9-11,13,16,19,22,25,28,30-78,82H2,1-2H3,(H,85,86)/b8-6-,14-12-,17-15-,20-18-,23-21-,26-24-,29-27-. The van der Waals surface area contributed by atoms with E-state index in [1.54, 1.807) is 0 Å². The van der Waals surface area contributed by atoms with Gasteiger partial charge in [-0.25, -0.2) is 4.57 Å². The van der Waals surface area contributed by atoms with E-state index in [1.807, 2.05) is 0 Å². The van der Waals surface area contributed by atoms with E-state index in [0.29, 0.717) is 6.42 Å². The fraction of sp³-hybridized carbons (Fsp3) is 0.802. The average Bonchev–Trinajstić information content (AvgIpc) is 3.71. The Hall–Kier alpha value is -2.81. The van der Waals surface area contributed by atoms with Gasteiger partial charge in [0.1, 0.15) is 6.61 Å². The highest BCUT2D eigenvalue weighted by molar-refractivity contribution is 7.47. The molecule has 0 saturated carbocycles. The maximum Gasteiger partial charge on any atom is 0.472 e. The molecule has 2 unspecified atom stereocenters. The molecule has 0 saturated heterocycles. The molecule has 0 radical (unpaired) electrons. The Balaban J connectivity index is 3.77. The molecule has 0 aromatic rings. The Morgan fingerprint density at radius 2 is 0.604 bits per heavy atom. The summed E-state index contributed by atoms with van der Waals surface area (Å²) in [4.78, 5) is 35.4. The van der Waals surface area contributed by atoms with Crippen LogP contribution in [0.25, 0.3) is 0 Å². The van der Waals surface area contributed by atoms with Crippen molar-refractivity contribution in [1.29, 1.82) is 0 Å². The van der Waals surface area contributed by atoms with E-state index in [2.05, 4.69) is 98.9 Å². The Kier molecular flexibility index (Phi) is 73.9. The topological polar surface area (TPSA) is 134 Å². The molecule has 0 spiro atoms. The minimum Gasteiger partial charge on any atom is -0.462 e. The number of phosphoric ester groups is 1. The van der Waals surface area contributed by atoms with Crippen molar-refractivity contribution >= 4 is 19.8 Å². The number of hydrogen-bond donors (Lipinski definition) is 2. The van der Waals surface area contributed by atoms with Crippen molar-refractivity contribution in [2.24, 2.45) is 5.73 Å². The normalized spacial score (nSPS) is 13.3. The first kappa shape index (κ1) is 88.2. The van der Waals surface area contributed by atoms with Crippen LogP contribution in [-0.4, -0.2) is 49.3 Å². The molecule has 0 aliphatic rings. The number of allylic oxidation sites excluding steroid dienone is 14. The van der Waals surface area contributed by atoms with Crippen molar-refractivity contribution in [3.05, 3.63) is 85.1 Å². The van der Waals surface area contributed by atoms with Gasteiger partial charge in [-0.05, 0) is 89.9 Å². The molecule has 10 heteroatoms. The molecule has 0 aliphatic carbocycles. The van der Waals surface area contributed by atoms with Gasteiger partial charge in [0.15, 0.2) is 6.10 Å². The second-order valence-corrected chi connectivity index (χ2v) is 27.7. The first-order valence-corrected chi connectivity index (χ1v) is 40.6. The largest absolute Gasteiger partial charge is 0.472 e. The summed E-state index contributed by atoms with van der Waals surface area (Å²) in [6.07, 6.45) is 103. The monoisotopic (exact) mass is 1290 g/mol. The van der Waals surface area contributed by atoms with Crippen LogP contribution in [0, 0.1) is 0 Å². The summed E-state index contributed by atoms with van der Waals surface area (Å²) in [6, 6.07) is 0. The molecule has 530 valence electrons. The number of carbonyl (C=O) groups is 2. The number of unbranched alkanes of at least 4 members (excludes halogenated alkanes) is 47. The molecule has 3 N–H and O–H groups in total. The highest BCUT2D eigenvalue weighted by atomic mass is 31.2. The van der Waals surface area contributed by atoms with E-state index in [9.17, 15) is 19.0 Å². The lowest BCUT2D eigenvalue weighted by atomic mass is 10.0. The van der Waals surface area contributed by atoms with Crippen LogP contribution < -0.4 is 5.73 Å². The van der Waals surface area contributed by atoms with E-state index >= 15 is 0 Å². The van der Waals surface area contributed by atoms with Crippen molar-refractivity contribution in [3.63, 3.8) is 0 Å². The Morgan fingerprint density at radius 3 is 0.901 bits per heavy atom. The number of nitrogens with two attached hydrogens (primary N) is 1. The van der Waals surface area contributed by atoms with E-state index < -0.39 is 26.5 Å². The van der Waals surface area contributed by atoms with Gasteiger partial charge in [-0.1, -0.05) is 369 Å². The Labute approximate surface area is 564 Å². The summed E-state index contributed by atoms with van der Waals surface area (Å²) >= 11 is 0. The van der Waals surface area contributed by atoms with Gasteiger partial charge in [0.2, 0.25) is 0 Å². The third-order valence-electron chi connectivity index (χ3n) is 17.3. The first-order valence-electron chi connectivity index (χ1n) is 39.1. The predicted octanol–water partition coefficient (Wildman–Crippen LogP) is 26.1. The molecule has 0 bridgehead atoms. The summed E-state index contributed by atoms with van der Waals surface area (Å²) in [5.41, 5.74) is 5.41. The summed E-state index contributed by atoms with van der Waals surface area (Å²) in [6.45, 7) is 3.68. The predicted molar refractivity (Wildman–Crippen MR) is 395 cm³/mol. The molecular formula is C81H148NO8P. The second kappa shape index (κ2) is 76.2. The SMILES string of the molecule is CC/C=C\C/C=C\C/C=C\C/C=C\CCCCCCCCCCCCCCCCCCCCC(=O)OC(COC(=O)CCCCCCCCCCCCCCCCCCCCCCCCCC/C=C\C/C=C\C/C=C\CCCCCCC)COP(=O)(O)OCCN. The van der Waals surface area contributed by atoms with Crippen LogP contribution in [0.15, 0.2) is 85.1 Å². The minimum absolute atomic E-state index is 0.0538. The minimum atomic E-state index is -4.40. The molecule has 0 fully saturated rings. The number of ether oxygens (including phenoxy) is 2. The zero-order valence-electron chi connectivity index (χ0n) is 59.8. The van der Waals surface area contributed by atoms with Crippen molar-refractivity contribution in [2.75, 3.05) is 26.4 Å². The molecule has 0 aliphatic heterocycles. The third-order valence-corrected chi connectivity index (χ3v) is 18.2. The maximum atomic E-state index is 12.8. The smallest absolute Gasteiger partial charge is 0.462 e. The second-order valence-electron chi connectivity index (χ2n) is 26.2. The molecule has 0 aromatic heterocycles. The molecule has 0 rings (SSSR count). The summed E-state index contributed by atoms with van der Waals surface area (Å²) < 4.78 is 33.3. The first-order chi connectivity index (χ1) is 44.8. The average molecular weight is 1300 g/mol.